The zero-order valence-corrected chi connectivity index (χ0v) is 7.96. The number of nitrogens with one attached hydrogen (secondary N) is 1. The quantitative estimate of drug-likeness (QED) is 0.460. The summed E-state index contributed by atoms with van der Waals surface area (Å²) >= 11 is 0. The highest BCUT2D eigenvalue weighted by Gasteiger charge is 2.00. The Balaban J connectivity index is 3.25. The summed E-state index contributed by atoms with van der Waals surface area (Å²) in [4.78, 5) is 21.4. The van der Waals surface area contributed by atoms with E-state index in [1.54, 1.807) is 6.92 Å². The summed E-state index contributed by atoms with van der Waals surface area (Å²) in [6.07, 6.45) is 0.353. The molecule has 0 aliphatic heterocycles. The Bertz CT molecular complexity index is 170. The van der Waals surface area contributed by atoms with Crippen LogP contribution in [0.1, 0.15) is 13.3 Å². The molecule has 5 nitrogen and oxygen atoms in total. The summed E-state index contributed by atoms with van der Waals surface area (Å²) in [6.45, 7) is 2.28. The molecule has 1 N–H and O–H groups in total. The predicted octanol–water partition coefficient (Wildman–Crippen LogP) is -0.298. The van der Waals surface area contributed by atoms with Gasteiger partial charge in [-0.3, -0.25) is 9.59 Å². The van der Waals surface area contributed by atoms with E-state index in [1.165, 1.54) is 7.11 Å². The van der Waals surface area contributed by atoms with Crippen LogP contribution in [0, 0.1) is 0 Å². The van der Waals surface area contributed by atoms with E-state index in [0.717, 1.165) is 0 Å². The number of carbonyl (C=O) groups is 2. The molecule has 0 aromatic carbocycles. The average molecular weight is 189 g/mol. The van der Waals surface area contributed by atoms with Crippen LogP contribution in [-0.4, -0.2) is 38.7 Å². The maximum Gasteiger partial charge on any atom is 0.305 e. The van der Waals surface area contributed by atoms with Crippen LogP contribution in [0.2, 0.25) is 0 Å². The number of rotatable bonds is 6. The first-order chi connectivity index (χ1) is 6.20. The van der Waals surface area contributed by atoms with Crippen molar-refractivity contribution in [2.75, 3.05) is 26.9 Å². The van der Waals surface area contributed by atoms with Gasteiger partial charge in [-0.25, -0.2) is 0 Å². The summed E-state index contributed by atoms with van der Waals surface area (Å²) in [7, 11) is 1.44. The molecule has 0 aliphatic carbocycles. The normalized spacial score (nSPS) is 9.38. The molecule has 0 aliphatic rings. The molecule has 0 unspecified atom stereocenters. The zero-order chi connectivity index (χ0) is 10.1. The molecule has 0 heterocycles. The van der Waals surface area contributed by atoms with Crippen molar-refractivity contribution >= 4 is 11.9 Å². The molecule has 0 bridgehead atoms. The van der Waals surface area contributed by atoms with Gasteiger partial charge in [0.15, 0.2) is 0 Å². The van der Waals surface area contributed by atoms with Crippen LogP contribution < -0.4 is 5.32 Å². The molecule has 5 heteroatoms. The molecule has 0 radical (unpaired) electrons. The molecule has 76 valence electrons. The van der Waals surface area contributed by atoms with Gasteiger partial charge in [0.05, 0.1) is 6.54 Å². The molecule has 0 atom stereocenters. The Morgan fingerprint density at radius 1 is 1.38 bits per heavy atom. The fourth-order valence-corrected chi connectivity index (χ4v) is 0.640. The first kappa shape index (κ1) is 11.9. The second-order valence-electron chi connectivity index (χ2n) is 2.36. The maximum absolute atomic E-state index is 10.8. The Kier molecular flexibility index (Phi) is 6.91. The molecular weight excluding hydrogens is 174 g/mol. The number of ether oxygens (including phenoxy) is 2. The van der Waals surface area contributed by atoms with Crippen LogP contribution in [0.25, 0.3) is 0 Å². The van der Waals surface area contributed by atoms with E-state index in [9.17, 15) is 9.59 Å². The first-order valence-electron chi connectivity index (χ1n) is 4.12. The van der Waals surface area contributed by atoms with E-state index in [1.807, 2.05) is 0 Å². The number of esters is 1. The van der Waals surface area contributed by atoms with Crippen LogP contribution in [0.15, 0.2) is 0 Å². The van der Waals surface area contributed by atoms with Crippen LogP contribution >= 0.6 is 0 Å². The van der Waals surface area contributed by atoms with E-state index >= 15 is 0 Å². The lowest BCUT2D eigenvalue weighted by Crippen LogP contribution is -2.30. The largest absolute Gasteiger partial charge is 0.464 e. The minimum atomic E-state index is -0.263. The second-order valence-corrected chi connectivity index (χ2v) is 2.36. The van der Waals surface area contributed by atoms with Crippen molar-refractivity contribution in [1.82, 2.24) is 5.32 Å². The second kappa shape index (κ2) is 7.54. The van der Waals surface area contributed by atoms with Crippen molar-refractivity contribution in [2.45, 2.75) is 13.3 Å². The third-order valence-electron chi connectivity index (χ3n) is 1.25. The van der Waals surface area contributed by atoms with Crippen LogP contribution in [0.5, 0.6) is 0 Å². The van der Waals surface area contributed by atoms with E-state index in [2.05, 4.69) is 10.1 Å². The highest BCUT2D eigenvalue weighted by Crippen LogP contribution is 1.82. The Morgan fingerprint density at radius 2 is 2.08 bits per heavy atom. The highest BCUT2D eigenvalue weighted by molar-refractivity contribution is 5.77. The van der Waals surface area contributed by atoms with Gasteiger partial charge in [-0.05, 0) is 0 Å². The zero-order valence-electron chi connectivity index (χ0n) is 7.96. The summed E-state index contributed by atoms with van der Waals surface area (Å²) in [5, 5.41) is 2.52. The van der Waals surface area contributed by atoms with Crippen molar-refractivity contribution in [3.8, 4) is 0 Å². The van der Waals surface area contributed by atoms with Gasteiger partial charge in [0, 0.05) is 13.5 Å². The van der Waals surface area contributed by atoms with Crippen molar-refractivity contribution in [1.29, 1.82) is 0 Å². The smallest absolute Gasteiger partial charge is 0.305 e. The fraction of sp³-hybridized carbons (Fsp3) is 0.750. The van der Waals surface area contributed by atoms with Crippen molar-refractivity contribution < 1.29 is 19.1 Å². The lowest BCUT2D eigenvalue weighted by molar-refractivity contribution is -0.143. The van der Waals surface area contributed by atoms with Gasteiger partial charge in [0.1, 0.15) is 13.2 Å². The van der Waals surface area contributed by atoms with Crippen molar-refractivity contribution in [3.05, 3.63) is 0 Å². The molecular formula is C8H15NO4. The van der Waals surface area contributed by atoms with E-state index in [4.69, 9.17) is 4.74 Å². The van der Waals surface area contributed by atoms with Gasteiger partial charge in [0.2, 0.25) is 5.91 Å². The Labute approximate surface area is 77.4 Å². The summed E-state index contributed by atoms with van der Waals surface area (Å²) < 4.78 is 9.31. The molecule has 1 amide bonds. The molecule has 0 saturated carbocycles. The SMILES string of the molecule is CCC(=O)OCCNC(=O)COC. The number of methoxy groups -OCH3 is 1. The molecule has 0 rings (SSSR count). The molecule has 0 fully saturated rings. The van der Waals surface area contributed by atoms with Crippen LogP contribution in [0.3, 0.4) is 0 Å². The third-order valence-corrected chi connectivity index (χ3v) is 1.25. The standard InChI is InChI=1S/C8H15NO4/c1-3-8(11)13-5-4-9-7(10)6-12-2/h3-6H2,1-2H3,(H,9,10). The topological polar surface area (TPSA) is 64.6 Å². The predicted molar refractivity (Wildman–Crippen MR) is 46.1 cm³/mol. The molecule has 0 aromatic rings. The molecule has 0 spiro atoms. The van der Waals surface area contributed by atoms with E-state index in [-0.39, 0.29) is 25.1 Å². The first-order valence-corrected chi connectivity index (χ1v) is 4.12. The minimum absolute atomic E-state index is 0.0295. The average Bonchev–Trinajstić information content (AvgIpc) is 2.12. The monoisotopic (exact) mass is 189 g/mol. The summed E-state index contributed by atoms with van der Waals surface area (Å²) in [5.74, 6) is -0.476. The van der Waals surface area contributed by atoms with Gasteiger partial charge < -0.3 is 14.8 Å². The maximum atomic E-state index is 10.8. The Morgan fingerprint density at radius 3 is 2.62 bits per heavy atom. The van der Waals surface area contributed by atoms with Crippen LogP contribution in [-0.2, 0) is 19.1 Å². The fourth-order valence-electron chi connectivity index (χ4n) is 0.640. The van der Waals surface area contributed by atoms with Crippen LogP contribution in [0.4, 0.5) is 0 Å². The van der Waals surface area contributed by atoms with Gasteiger partial charge >= 0.3 is 5.97 Å². The van der Waals surface area contributed by atoms with Gasteiger partial charge in [0.25, 0.3) is 0 Å². The van der Waals surface area contributed by atoms with E-state index < -0.39 is 0 Å². The summed E-state index contributed by atoms with van der Waals surface area (Å²) in [6, 6.07) is 0. The number of carbonyl (C=O) groups excluding carboxylic acids is 2. The number of amides is 1. The van der Waals surface area contributed by atoms with Gasteiger partial charge in [-0.15, -0.1) is 0 Å². The third kappa shape index (κ3) is 7.27. The van der Waals surface area contributed by atoms with Crippen molar-refractivity contribution in [3.63, 3.8) is 0 Å². The highest BCUT2D eigenvalue weighted by atomic mass is 16.5. The molecule has 0 saturated heterocycles. The molecule has 13 heavy (non-hydrogen) atoms. The van der Waals surface area contributed by atoms with E-state index in [0.29, 0.717) is 13.0 Å². The lowest BCUT2D eigenvalue weighted by atomic mass is 10.5. The number of hydrogen-bond acceptors (Lipinski definition) is 4. The minimum Gasteiger partial charge on any atom is -0.464 e. The number of hydrogen-bond donors (Lipinski definition) is 1. The Hall–Kier alpha value is -1.10. The van der Waals surface area contributed by atoms with Gasteiger partial charge in [-0.2, -0.15) is 0 Å². The molecule has 0 aromatic heterocycles. The van der Waals surface area contributed by atoms with Crippen molar-refractivity contribution in [2.24, 2.45) is 0 Å². The lowest BCUT2D eigenvalue weighted by Gasteiger charge is -2.04. The van der Waals surface area contributed by atoms with Gasteiger partial charge in [-0.1, -0.05) is 6.92 Å². The summed E-state index contributed by atoms with van der Waals surface area (Å²) in [5.41, 5.74) is 0.